The molecule has 1 aromatic carbocycles. The fourth-order valence-corrected chi connectivity index (χ4v) is 4.84. The van der Waals surface area contributed by atoms with Gasteiger partial charge in [-0.15, -0.1) is 0 Å². The molecule has 1 aliphatic heterocycles. The smallest absolute Gasteiger partial charge is 0.214 e. The van der Waals surface area contributed by atoms with Crippen molar-refractivity contribution >= 4 is 28.0 Å². The maximum absolute atomic E-state index is 12.5. The van der Waals surface area contributed by atoms with Crippen LogP contribution in [0.3, 0.4) is 0 Å². The van der Waals surface area contributed by atoms with Gasteiger partial charge in [0, 0.05) is 18.1 Å². The second kappa shape index (κ2) is 7.44. The van der Waals surface area contributed by atoms with Crippen LogP contribution in [0.15, 0.2) is 18.2 Å². The molecule has 22 heavy (non-hydrogen) atoms. The molecule has 1 saturated heterocycles. The van der Waals surface area contributed by atoms with Crippen molar-refractivity contribution in [3.8, 4) is 0 Å². The number of hydrogen-bond acceptors (Lipinski definition) is 3. The Bertz CT molecular complexity index is 634. The van der Waals surface area contributed by atoms with Crippen molar-refractivity contribution in [1.29, 1.82) is 0 Å². The number of nitrogens with zero attached hydrogens (tertiary/aromatic N) is 1. The van der Waals surface area contributed by atoms with Crippen molar-refractivity contribution in [3.05, 3.63) is 34.3 Å². The first kappa shape index (κ1) is 17.2. The highest BCUT2D eigenvalue weighted by Crippen LogP contribution is 2.38. The predicted octanol–water partition coefficient (Wildman–Crippen LogP) is 2.25. The topological polar surface area (TPSA) is 66.5 Å². The van der Waals surface area contributed by atoms with Gasteiger partial charge in [0.2, 0.25) is 16.4 Å². The van der Waals surface area contributed by atoms with E-state index >= 15 is 0 Å². The zero-order valence-corrected chi connectivity index (χ0v) is 14.2. The molecule has 5 nitrogen and oxygen atoms in total. The second-order valence-electron chi connectivity index (χ2n) is 5.54. The number of hydrogen-bond donors (Lipinski definition) is 1. The van der Waals surface area contributed by atoms with Gasteiger partial charge in [-0.25, -0.2) is 8.42 Å². The lowest BCUT2D eigenvalue weighted by Gasteiger charge is -2.25. The number of carbonyl (C=O) groups is 1. The van der Waals surface area contributed by atoms with Crippen LogP contribution in [0, 0.1) is 6.92 Å². The van der Waals surface area contributed by atoms with Gasteiger partial charge in [-0.05, 0) is 37.8 Å². The molecule has 0 aliphatic carbocycles. The van der Waals surface area contributed by atoms with Crippen molar-refractivity contribution in [2.24, 2.45) is 0 Å². The molecule has 7 heteroatoms. The SMILES string of the molecule is Cc1ccc(Cl)c(C2CCCN2S(=O)(=O)CCCNC=O)c1. The monoisotopic (exact) mass is 344 g/mol. The summed E-state index contributed by atoms with van der Waals surface area (Å²) >= 11 is 6.27. The number of sulfonamides is 1. The Morgan fingerprint density at radius 1 is 1.45 bits per heavy atom. The summed E-state index contributed by atoms with van der Waals surface area (Å²) in [6.07, 6.45) is 2.61. The van der Waals surface area contributed by atoms with Crippen LogP contribution in [0.4, 0.5) is 0 Å². The quantitative estimate of drug-likeness (QED) is 0.609. The Morgan fingerprint density at radius 2 is 2.23 bits per heavy atom. The average molecular weight is 345 g/mol. The molecule has 1 aromatic rings. The fraction of sp³-hybridized carbons (Fsp3) is 0.533. The van der Waals surface area contributed by atoms with Gasteiger partial charge in [0.05, 0.1) is 11.8 Å². The summed E-state index contributed by atoms with van der Waals surface area (Å²) in [7, 11) is -3.35. The van der Waals surface area contributed by atoms with Gasteiger partial charge in [0.25, 0.3) is 0 Å². The summed E-state index contributed by atoms with van der Waals surface area (Å²) in [5.74, 6) is 0.0355. The molecule has 1 atom stereocenters. The van der Waals surface area contributed by atoms with Crippen LogP contribution < -0.4 is 5.32 Å². The summed E-state index contributed by atoms with van der Waals surface area (Å²) in [6.45, 7) is 2.86. The van der Waals surface area contributed by atoms with E-state index in [9.17, 15) is 13.2 Å². The largest absolute Gasteiger partial charge is 0.359 e. The summed E-state index contributed by atoms with van der Waals surface area (Å²) in [6, 6.07) is 5.53. The summed E-state index contributed by atoms with van der Waals surface area (Å²) in [5, 5.41) is 3.10. The van der Waals surface area contributed by atoms with E-state index in [1.165, 1.54) is 0 Å². The molecule has 1 aliphatic rings. The molecule has 0 bridgehead atoms. The normalized spacial score (nSPS) is 19.3. The van der Waals surface area contributed by atoms with Crippen LogP contribution in [-0.2, 0) is 14.8 Å². The first-order valence-electron chi connectivity index (χ1n) is 7.38. The van der Waals surface area contributed by atoms with E-state index in [4.69, 9.17) is 11.6 Å². The van der Waals surface area contributed by atoms with E-state index in [1.54, 1.807) is 4.31 Å². The standard InChI is InChI=1S/C15H21ClN2O3S/c1-12-5-6-14(16)13(10-12)15-4-2-8-18(15)22(20,21)9-3-7-17-11-19/h5-6,10-11,15H,2-4,7-9H2,1H3,(H,17,19). The molecule has 1 unspecified atom stereocenters. The van der Waals surface area contributed by atoms with Crippen LogP contribution in [-0.4, -0.2) is 38.0 Å². The third-order valence-corrected chi connectivity index (χ3v) is 6.18. The van der Waals surface area contributed by atoms with Gasteiger partial charge < -0.3 is 5.32 Å². The number of amides is 1. The van der Waals surface area contributed by atoms with Crippen LogP contribution in [0.25, 0.3) is 0 Å². The molecular weight excluding hydrogens is 324 g/mol. The van der Waals surface area contributed by atoms with E-state index < -0.39 is 10.0 Å². The van der Waals surface area contributed by atoms with Crippen LogP contribution in [0.5, 0.6) is 0 Å². The summed E-state index contributed by atoms with van der Waals surface area (Å²) < 4.78 is 26.6. The highest BCUT2D eigenvalue weighted by molar-refractivity contribution is 7.89. The minimum atomic E-state index is -3.35. The predicted molar refractivity (Wildman–Crippen MR) is 87.3 cm³/mol. The Hall–Kier alpha value is -1.11. The van der Waals surface area contributed by atoms with E-state index in [0.29, 0.717) is 30.9 Å². The molecule has 0 aromatic heterocycles. The Kier molecular flexibility index (Phi) is 5.83. The highest BCUT2D eigenvalue weighted by Gasteiger charge is 2.35. The highest BCUT2D eigenvalue weighted by atomic mass is 35.5. The van der Waals surface area contributed by atoms with Crippen molar-refractivity contribution in [1.82, 2.24) is 9.62 Å². The number of halogens is 1. The number of rotatable bonds is 7. The summed E-state index contributed by atoms with van der Waals surface area (Å²) in [5.41, 5.74) is 1.95. The lowest BCUT2D eigenvalue weighted by atomic mass is 10.0. The van der Waals surface area contributed by atoms with E-state index in [-0.39, 0.29) is 11.8 Å². The number of nitrogens with one attached hydrogen (secondary N) is 1. The zero-order chi connectivity index (χ0) is 16.2. The Morgan fingerprint density at radius 3 is 2.95 bits per heavy atom. The number of aryl methyl sites for hydroxylation is 1. The van der Waals surface area contributed by atoms with E-state index in [2.05, 4.69) is 5.32 Å². The van der Waals surface area contributed by atoms with Gasteiger partial charge in [0.15, 0.2) is 0 Å². The van der Waals surface area contributed by atoms with Crippen molar-refractivity contribution in [2.75, 3.05) is 18.8 Å². The molecule has 1 N–H and O–H groups in total. The first-order chi connectivity index (χ1) is 10.5. The number of carbonyl (C=O) groups excluding carboxylic acids is 1. The van der Waals surface area contributed by atoms with Crippen molar-refractivity contribution in [2.45, 2.75) is 32.2 Å². The van der Waals surface area contributed by atoms with Gasteiger partial charge in [-0.3, -0.25) is 4.79 Å². The minimum Gasteiger partial charge on any atom is -0.359 e. The molecule has 1 amide bonds. The average Bonchev–Trinajstić information content (AvgIpc) is 2.96. The lowest BCUT2D eigenvalue weighted by Crippen LogP contribution is -2.33. The van der Waals surface area contributed by atoms with Crippen molar-refractivity contribution in [3.63, 3.8) is 0 Å². The van der Waals surface area contributed by atoms with Gasteiger partial charge in [-0.2, -0.15) is 4.31 Å². The molecule has 0 radical (unpaired) electrons. The third-order valence-electron chi connectivity index (χ3n) is 3.88. The summed E-state index contributed by atoms with van der Waals surface area (Å²) in [4.78, 5) is 10.2. The second-order valence-corrected chi connectivity index (χ2v) is 7.98. The zero-order valence-electron chi connectivity index (χ0n) is 12.6. The molecule has 2 rings (SSSR count). The minimum absolute atomic E-state index is 0.0355. The van der Waals surface area contributed by atoms with Crippen LogP contribution in [0.2, 0.25) is 5.02 Å². The molecule has 0 spiro atoms. The van der Waals surface area contributed by atoms with E-state index in [1.807, 2.05) is 25.1 Å². The molecule has 1 heterocycles. The van der Waals surface area contributed by atoms with Gasteiger partial charge in [-0.1, -0.05) is 29.3 Å². The Balaban J connectivity index is 2.16. The van der Waals surface area contributed by atoms with E-state index in [0.717, 1.165) is 24.0 Å². The lowest BCUT2D eigenvalue weighted by molar-refractivity contribution is -0.109. The van der Waals surface area contributed by atoms with Gasteiger partial charge >= 0.3 is 0 Å². The third kappa shape index (κ3) is 4.00. The number of benzene rings is 1. The van der Waals surface area contributed by atoms with Crippen molar-refractivity contribution < 1.29 is 13.2 Å². The molecule has 122 valence electrons. The first-order valence-corrected chi connectivity index (χ1v) is 9.37. The van der Waals surface area contributed by atoms with Crippen LogP contribution in [0.1, 0.15) is 36.4 Å². The Labute approximate surface area is 136 Å². The fourth-order valence-electron chi connectivity index (χ4n) is 2.84. The molecule has 0 saturated carbocycles. The van der Waals surface area contributed by atoms with Gasteiger partial charge in [0.1, 0.15) is 0 Å². The van der Waals surface area contributed by atoms with Crippen LogP contribution >= 0.6 is 11.6 Å². The molecule has 1 fully saturated rings. The maximum atomic E-state index is 12.5. The maximum Gasteiger partial charge on any atom is 0.214 e. The molecular formula is C15H21ClN2O3S.